The van der Waals surface area contributed by atoms with Crippen LogP contribution >= 0.6 is 31.9 Å². The Morgan fingerprint density at radius 1 is 1.27 bits per heavy atom. The second kappa shape index (κ2) is 8.59. The molecule has 0 saturated heterocycles. The highest BCUT2D eigenvalue weighted by Gasteiger charge is 2.57. The van der Waals surface area contributed by atoms with E-state index in [0.717, 1.165) is 19.3 Å². The lowest BCUT2D eigenvalue weighted by atomic mass is 9.50. The third-order valence-electron chi connectivity index (χ3n) is 5.49. The maximum Gasteiger partial charge on any atom is 0.389 e. The third-order valence-corrected chi connectivity index (χ3v) is 8.54. The van der Waals surface area contributed by atoms with Gasteiger partial charge in [-0.1, -0.05) is 0 Å². The van der Waals surface area contributed by atoms with Crippen LogP contribution in [0.3, 0.4) is 0 Å². The molecular formula is C18H21Br2F3N2O4S. The highest BCUT2D eigenvalue weighted by molar-refractivity contribution is 9.11. The Bertz CT molecular complexity index is 923. The van der Waals surface area contributed by atoms with Crippen molar-refractivity contribution in [1.29, 1.82) is 0 Å². The summed E-state index contributed by atoms with van der Waals surface area (Å²) in [5.74, 6) is 0.237. The van der Waals surface area contributed by atoms with Gasteiger partial charge in [0.1, 0.15) is 11.8 Å². The molecule has 0 aromatic heterocycles. The van der Waals surface area contributed by atoms with Crippen LogP contribution < -0.4 is 14.8 Å². The molecule has 2 N–H and O–H groups in total. The maximum absolute atomic E-state index is 13.0. The molecule has 1 aromatic carbocycles. The normalized spacial score (nSPS) is 23.9. The van der Waals surface area contributed by atoms with Gasteiger partial charge >= 0.3 is 6.18 Å². The number of sulfonamides is 1. The quantitative estimate of drug-likeness (QED) is 0.459. The van der Waals surface area contributed by atoms with Crippen molar-refractivity contribution < 1.29 is 31.1 Å². The van der Waals surface area contributed by atoms with Gasteiger partial charge in [-0.3, -0.25) is 4.79 Å². The van der Waals surface area contributed by atoms with Crippen LogP contribution in [-0.2, 0) is 14.8 Å². The molecule has 4 rings (SSSR count). The number of nitrogens with one attached hydrogen (secondary N) is 2. The smallest absolute Gasteiger partial charge is 0.389 e. The predicted octanol–water partition coefficient (Wildman–Crippen LogP) is 4.27. The summed E-state index contributed by atoms with van der Waals surface area (Å²) in [7, 11) is -2.85. The number of ether oxygens (including phenoxy) is 1. The topological polar surface area (TPSA) is 84.5 Å². The molecule has 1 amide bonds. The van der Waals surface area contributed by atoms with E-state index in [1.54, 1.807) is 0 Å². The van der Waals surface area contributed by atoms with E-state index in [4.69, 9.17) is 4.74 Å². The summed E-state index contributed by atoms with van der Waals surface area (Å²) in [5, 5.41) is 2.84. The van der Waals surface area contributed by atoms with Gasteiger partial charge in [-0.05, 0) is 75.9 Å². The Kier molecular flexibility index (Phi) is 6.82. The number of alkyl halides is 3. The Balaban J connectivity index is 1.78. The third kappa shape index (κ3) is 5.31. The van der Waals surface area contributed by atoms with E-state index in [-0.39, 0.29) is 33.5 Å². The lowest BCUT2D eigenvalue weighted by Gasteiger charge is -2.62. The molecule has 12 heteroatoms. The van der Waals surface area contributed by atoms with Crippen molar-refractivity contribution >= 4 is 47.8 Å². The largest absolute Gasteiger partial charge is 0.496 e. The fourth-order valence-electron chi connectivity index (χ4n) is 3.85. The summed E-state index contributed by atoms with van der Waals surface area (Å²) in [4.78, 5) is 12.6. The first kappa shape index (κ1) is 23.8. The van der Waals surface area contributed by atoms with E-state index in [9.17, 15) is 26.4 Å². The number of carbonyl (C=O) groups excluding carboxylic acids is 1. The number of carbonyl (C=O) groups is 1. The first-order valence-electron chi connectivity index (χ1n) is 9.28. The van der Waals surface area contributed by atoms with Crippen molar-refractivity contribution in [1.82, 2.24) is 10.0 Å². The van der Waals surface area contributed by atoms with Gasteiger partial charge in [-0.15, -0.1) is 0 Å². The molecule has 0 radical (unpaired) electrons. The summed E-state index contributed by atoms with van der Waals surface area (Å²) in [6.45, 7) is 0. The number of rotatable bonds is 9. The molecular weight excluding hydrogens is 557 g/mol. The van der Waals surface area contributed by atoms with E-state index in [0.29, 0.717) is 10.4 Å². The molecule has 2 bridgehead atoms. The zero-order chi connectivity index (χ0) is 22.3. The second-order valence-electron chi connectivity index (χ2n) is 7.85. The number of hydrogen-bond acceptors (Lipinski definition) is 4. The van der Waals surface area contributed by atoms with E-state index < -0.39 is 34.6 Å². The summed E-state index contributed by atoms with van der Waals surface area (Å²) >= 11 is 6.42. The SMILES string of the molecule is COc1cc(S(=O)(=O)N[C@H](CCCC(F)(F)F)C(=O)NC23CC(C2)C3)c(Br)cc1Br. The minimum absolute atomic E-state index is 0.179. The van der Waals surface area contributed by atoms with Crippen LogP contribution in [0.25, 0.3) is 0 Å². The minimum atomic E-state index is -4.38. The first-order valence-corrected chi connectivity index (χ1v) is 12.4. The van der Waals surface area contributed by atoms with Crippen LogP contribution in [-0.4, -0.2) is 39.2 Å². The molecule has 1 atom stereocenters. The van der Waals surface area contributed by atoms with Crippen LogP contribution in [0.2, 0.25) is 0 Å². The van der Waals surface area contributed by atoms with Gasteiger partial charge in [0.15, 0.2) is 0 Å². The summed E-state index contributed by atoms with van der Waals surface area (Å²) in [6.07, 6.45) is -3.63. The molecule has 30 heavy (non-hydrogen) atoms. The van der Waals surface area contributed by atoms with Crippen molar-refractivity contribution in [3.05, 3.63) is 21.1 Å². The first-order chi connectivity index (χ1) is 13.8. The van der Waals surface area contributed by atoms with Crippen LogP contribution in [0, 0.1) is 5.92 Å². The van der Waals surface area contributed by atoms with Gasteiger partial charge < -0.3 is 10.1 Å². The molecule has 0 heterocycles. The van der Waals surface area contributed by atoms with Crippen molar-refractivity contribution in [2.45, 2.75) is 61.2 Å². The van der Waals surface area contributed by atoms with Crippen molar-refractivity contribution in [2.24, 2.45) is 5.92 Å². The molecule has 3 fully saturated rings. The molecule has 3 saturated carbocycles. The average Bonchev–Trinajstić information content (AvgIpc) is 2.54. The molecule has 6 nitrogen and oxygen atoms in total. The number of methoxy groups -OCH3 is 1. The summed E-state index contributed by atoms with van der Waals surface area (Å²) in [5.41, 5.74) is -0.323. The molecule has 1 aromatic rings. The van der Waals surface area contributed by atoms with Crippen molar-refractivity contribution in [2.75, 3.05) is 7.11 Å². The van der Waals surface area contributed by atoms with Gasteiger partial charge in [0, 0.05) is 22.5 Å². The van der Waals surface area contributed by atoms with Gasteiger partial charge in [0.25, 0.3) is 0 Å². The van der Waals surface area contributed by atoms with E-state index in [1.165, 1.54) is 19.2 Å². The van der Waals surface area contributed by atoms with Crippen LogP contribution in [0.15, 0.2) is 26.0 Å². The van der Waals surface area contributed by atoms with Crippen molar-refractivity contribution in [3.63, 3.8) is 0 Å². The number of hydrogen-bond donors (Lipinski definition) is 2. The Hall–Kier alpha value is -0.850. The lowest BCUT2D eigenvalue weighted by molar-refractivity contribution is -0.139. The van der Waals surface area contributed by atoms with Crippen LogP contribution in [0.1, 0.15) is 38.5 Å². The Morgan fingerprint density at radius 3 is 2.40 bits per heavy atom. The summed E-state index contributed by atoms with van der Waals surface area (Å²) < 4.78 is 71.7. The van der Waals surface area contributed by atoms with Crippen LogP contribution in [0.4, 0.5) is 13.2 Å². The number of halogens is 5. The molecule has 0 spiro atoms. The molecule has 3 aliphatic rings. The minimum Gasteiger partial charge on any atom is -0.496 e. The fourth-order valence-corrected chi connectivity index (χ4v) is 6.95. The summed E-state index contributed by atoms with van der Waals surface area (Å²) in [6, 6.07) is 1.43. The molecule has 168 valence electrons. The Morgan fingerprint density at radius 2 is 1.90 bits per heavy atom. The Labute approximate surface area is 189 Å². The van der Waals surface area contributed by atoms with E-state index in [1.807, 2.05) is 0 Å². The van der Waals surface area contributed by atoms with Gasteiger partial charge in [0.05, 0.1) is 16.5 Å². The molecule has 0 aliphatic heterocycles. The number of benzene rings is 1. The van der Waals surface area contributed by atoms with E-state index in [2.05, 4.69) is 41.9 Å². The fraction of sp³-hybridized carbons (Fsp3) is 0.611. The van der Waals surface area contributed by atoms with Gasteiger partial charge in [-0.25, -0.2) is 8.42 Å². The average molecular weight is 578 g/mol. The second-order valence-corrected chi connectivity index (χ2v) is 11.2. The van der Waals surface area contributed by atoms with Crippen molar-refractivity contribution in [3.8, 4) is 5.75 Å². The van der Waals surface area contributed by atoms with Gasteiger partial charge in [-0.2, -0.15) is 17.9 Å². The van der Waals surface area contributed by atoms with Crippen LogP contribution in [0.5, 0.6) is 5.75 Å². The number of amides is 1. The highest BCUT2D eigenvalue weighted by Crippen LogP contribution is 2.56. The molecule has 3 aliphatic carbocycles. The lowest BCUT2D eigenvalue weighted by Crippen LogP contribution is -2.70. The maximum atomic E-state index is 13.0. The monoisotopic (exact) mass is 576 g/mol. The standard InChI is InChI=1S/C18H21Br2F3N2O4S/c1-29-14-6-15(12(20)5-11(14)19)30(27,28)25-13(3-2-4-18(21,22)23)16(26)24-17-7-10(8-17)9-17/h5-6,10,13,25H,2-4,7-9H2,1H3,(H,24,26)/t10?,13-,17?/m1/s1. The van der Waals surface area contributed by atoms with Gasteiger partial charge in [0.2, 0.25) is 15.9 Å². The predicted molar refractivity (Wildman–Crippen MR) is 111 cm³/mol. The molecule has 0 unspecified atom stereocenters. The van der Waals surface area contributed by atoms with E-state index >= 15 is 0 Å². The highest BCUT2D eigenvalue weighted by atomic mass is 79.9. The zero-order valence-corrected chi connectivity index (χ0v) is 20.0. The zero-order valence-electron chi connectivity index (χ0n) is 16.0.